The Bertz CT molecular complexity index is 315. The van der Waals surface area contributed by atoms with Crippen LogP contribution in [0.15, 0.2) is 0 Å². The van der Waals surface area contributed by atoms with E-state index in [0.717, 1.165) is 6.54 Å². The molecule has 0 aliphatic heterocycles. The van der Waals surface area contributed by atoms with E-state index < -0.39 is 12.2 Å². The second-order valence-electron chi connectivity index (χ2n) is 6.61. The highest BCUT2D eigenvalue weighted by Crippen LogP contribution is 2.01. The molecule has 7 nitrogen and oxygen atoms in total. The number of hydrogen-bond donors (Lipinski definition) is 4. The van der Waals surface area contributed by atoms with Crippen molar-refractivity contribution >= 4 is 6.09 Å². The van der Waals surface area contributed by atoms with Gasteiger partial charge in [0.1, 0.15) is 6.61 Å². The maximum Gasteiger partial charge on any atom is 0.407 e. The molecule has 0 spiro atoms. The van der Waals surface area contributed by atoms with E-state index in [4.69, 9.17) is 14.6 Å². The zero-order valence-corrected chi connectivity index (χ0v) is 15.6. The lowest BCUT2D eigenvalue weighted by molar-refractivity contribution is 0.0489. The maximum atomic E-state index is 11.7. The molecule has 0 fully saturated rings. The Morgan fingerprint density at radius 3 is 2.46 bits per heavy atom. The topological polar surface area (TPSA) is 100 Å². The van der Waals surface area contributed by atoms with Crippen LogP contribution < -0.4 is 10.6 Å². The average Bonchev–Trinajstić information content (AvgIpc) is 2.52. The summed E-state index contributed by atoms with van der Waals surface area (Å²) in [5.74, 6) is 0.789. The Morgan fingerprint density at radius 1 is 1.17 bits per heavy atom. The van der Waals surface area contributed by atoms with E-state index in [1.165, 1.54) is 0 Å². The lowest BCUT2D eigenvalue weighted by Crippen LogP contribution is -2.47. The minimum atomic E-state index is -0.656. The molecule has 0 radical (unpaired) electrons. The summed E-state index contributed by atoms with van der Waals surface area (Å²) in [6, 6.07) is -0.345. The third-order valence-corrected chi connectivity index (χ3v) is 3.60. The van der Waals surface area contributed by atoms with Gasteiger partial charge < -0.3 is 30.3 Å². The molecule has 0 saturated heterocycles. The van der Waals surface area contributed by atoms with Crippen LogP contribution in [0.3, 0.4) is 0 Å². The van der Waals surface area contributed by atoms with Crippen molar-refractivity contribution in [1.29, 1.82) is 0 Å². The number of hydrogen-bond acceptors (Lipinski definition) is 6. The molecule has 0 aliphatic carbocycles. The van der Waals surface area contributed by atoms with Gasteiger partial charge in [0.25, 0.3) is 0 Å². The molecule has 0 rings (SSSR count). The molecule has 144 valence electrons. The van der Waals surface area contributed by atoms with Crippen LogP contribution in [0.4, 0.5) is 4.79 Å². The van der Waals surface area contributed by atoms with E-state index in [9.17, 15) is 9.90 Å². The van der Waals surface area contributed by atoms with E-state index in [2.05, 4.69) is 24.5 Å². The lowest BCUT2D eigenvalue weighted by atomic mass is 10.1. The Morgan fingerprint density at radius 2 is 1.88 bits per heavy atom. The van der Waals surface area contributed by atoms with Crippen molar-refractivity contribution in [1.82, 2.24) is 10.6 Å². The van der Waals surface area contributed by atoms with Crippen molar-refractivity contribution in [2.24, 2.45) is 11.8 Å². The predicted octanol–water partition coefficient (Wildman–Crippen LogP) is 1.13. The minimum absolute atomic E-state index is 0.149. The Balaban J connectivity index is 3.85. The van der Waals surface area contributed by atoms with Gasteiger partial charge in [0, 0.05) is 19.8 Å². The number of alkyl carbamates (subject to hydrolysis) is 1. The van der Waals surface area contributed by atoms with Crippen molar-refractivity contribution in [2.75, 3.05) is 39.5 Å². The summed E-state index contributed by atoms with van der Waals surface area (Å²) in [4.78, 5) is 11.7. The number of amides is 1. The van der Waals surface area contributed by atoms with E-state index in [-0.39, 0.29) is 25.2 Å². The summed E-state index contributed by atoms with van der Waals surface area (Å²) in [7, 11) is 0. The van der Waals surface area contributed by atoms with Crippen LogP contribution in [0, 0.1) is 11.8 Å². The van der Waals surface area contributed by atoms with Gasteiger partial charge in [0.05, 0.1) is 18.8 Å². The predicted molar refractivity (Wildman–Crippen MR) is 94.0 cm³/mol. The largest absolute Gasteiger partial charge is 0.447 e. The highest BCUT2D eigenvalue weighted by atomic mass is 16.6. The highest BCUT2D eigenvalue weighted by Gasteiger charge is 2.20. The van der Waals surface area contributed by atoms with E-state index in [1.807, 2.05) is 13.8 Å². The molecule has 1 amide bonds. The Hall–Kier alpha value is -0.890. The quantitative estimate of drug-likeness (QED) is 0.351. The van der Waals surface area contributed by atoms with Crippen molar-refractivity contribution < 1.29 is 24.5 Å². The molecule has 4 N–H and O–H groups in total. The second kappa shape index (κ2) is 14.5. The second-order valence-corrected chi connectivity index (χ2v) is 6.61. The van der Waals surface area contributed by atoms with Crippen LogP contribution in [0.5, 0.6) is 0 Å². The number of carbonyl (C=O) groups is 1. The summed E-state index contributed by atoms with van der Waals surface area (Å²) in [6.07, 6.45) is 0.116. The Labute approximate surface area is 146 Å². The molecule has 7 heteroatoms. The highest BCUT2D eigenvalue weighted by molar-refractivity contribution is 5.67. The van der Waals surface area contributed by atoms with E-state index >= 15 is 0 Å². The molecule has 24 heavy (non-hydrogen) atoms. The molecule has 0 aromatic carbocycles. The molecule has 0 saturated carbocycles. The SMILES string of the molecule is CC[C@H](NC(=O)OCCOC[C@H](C)CCO)[C@H](O)CNCC(C)C. The van der Waals surface area contributed by atoms with Gasteiger partial charge in [-0.15, -0.1) is 0 Å². The number of ether oxygens (including phenoxy) is 2. The van der Waals surface area contributed by atoms with Gasteiger partial charge in [-0.2, -0.15) is 0 Å². The standard InChI is InChI=1S/C17H36N2O5/c1-5-15(16(21)11-18-10-13(2)3)19-17(22)24-9-8-23-12-14(4)6-7-20/h13-16,18,20-21H,5-12H2,1-4H3,(H,19,22)/t14-,15+,16-/m1/s1. The average molecular weight is 348 g/mol. The smallest absolute Gasteiger partial charge is 0.407 e. The summed E-state index contributed by atoms with van der Waals surface area (Å²) >= 11 is 0. The molecule has 0 heterocycles. The first-order valence-electron chi connectivity index (χ1n) is 8.91. The minimum Gasteiger partial charge on any atom is -0.447 e. The number of nitrogens with one attached hydrogen (secondary N) is 2. The summed E-state index contributed by atoms with van der Waals surface area (Å²) in [5, 5.41) is 24.8. The van der Waals surface area contributed by atoms with Crippen molar-refractivity contribution in [3.8, 4) is 0 Å². The fraction of sp³-hybridized carbons (Fsp3) is 0.941. The molecule has 0 bridgehead atoms. The van der Waals surface area contributed by atoms with Gasteiger partial charge in [-0.05, 0) is 31.2 Å². The number of aliphatic hydroxyl groups excluding tert-OH is 2. The monoisotopic (exact) mass is 348 g/mol. The van der Waals surface area contributed by atoms with Crippen LogP contribution in [-0.2, 0) is 9.47 Å². The van der Waals surface area contributed by atoms with Crippen molar-refractivity contribution in [3.63, 3.8) is 0 Å². The summed E-state index contributed by atoms with van der Waals surface area (Å²) < 4.78 is 10.4. The summed E-state index contributed by atoms with van der Waals surface area (Å²) in [5.41, 5.74) is 0. The van der Waals surface area contributed by atoms with Crippen LogP contribution in [-0.4, -0.2) is 68.0 Å². The van der Waals surface area contributed by atoms with Crippen molar-refractivity contribution in [3.05, 3.63) is 0 Å². The fourth-order valence-corrected chi connectivity index (χ4v) is 2.11. The number of rotatable bonds is 14. The zero-order chi connectivity index (χ0) is 18.4. The van der Waals surface area contributed by atoms with Crippen LogP contribution >= 0.6 is 0 Å². The zero-order valence-electron chi connectivity index (χ0n) is 15.6. The van der Waals surface area contributed by atoms with E-state index in [0.29, 0.717) is 38.5 Å². The first-order valence-corrected chi connectivity index (χ1v) is 8.91. The summed E-state index contributed by atoms with van der Waals surface area (Å²) in [6.45, 7) is 10.5. The van der Waals surface area contributed by atoms with E-state index in [1.54, 1.807) is 0 Å². The molecule has 3 atom stereocenters. The molecule has 0 unspecified atom stereocenters. The molecular weight excluding hydrogens is 312 g/mol. The lowest BCUT2D eigenvalue weighted by Gasteiger charge is -2.23. The molecule has 0 aromatic heterocycles. The van der Waals surface area contributed by atoms with Gasteiger partial charge in [0.2, 0.25) is 0 Å². The normalized spacial score (nSPS) is 15.1. The first kappa shape index (κ1) is 23.1. The molecule has 0 aliphatic rings. The maximum absolute atomic E-state index is 11.7. The van der Waals surface area contributed by atoms with Crippen LogP contribution in [0.1, 0.15) is 40.5 Å². The molecule has 0 aromatic rings. The Kier molecular flexibility index (Phi) is 13.9. The van der Waals surface area contributed by atoms with Crippen LogP contribution in [0.25, 0.3) is 0 Å². The van der Waals surface area contributed by atoms with Gasteiger partial charge in [-0.3, -0.25) is 0 Å². The number of aliphatic hydroxyl groups is 2. The fourth-order valence-electron chi connectivity index (χ4n) is 2.11. The van der Waals surface area contributed by atoms with Gasteiger partial charge in [-0.25, -0.2) is 4.79 Å². The van der Waals surface area contributed by atoms with Gasteiger partial charge in [0.15, 0.2) is 0 Å². The first-order chi connectivity index (χ1) is 11.4. The van der Waals surface area contributed by atoms with Gasteiger partial charge >= 0.3 is 6.09 Å². The number of carbonyl (C=O) groups excluding carboxylic acids is 1. The third kappa shape index (κ3) is 12.5. The third-order valence-electron chi connectivity index (χ3n) is 3.60. The van der Waals surface area contributed by atoms with Crippen LogP contribution in [0.2, 0.25) is 0 Å². The van der Waals surface area contributed by atoms with Gasteiger partial charge in [-0.1, -0.05) is 27.7 Å². The van der Waals surface area contributed by atoms with Crippen molar-refractivity contribution in [2.45, 2.75) is 52.7 Å². The molecular formula is C17H36N2O5.